The summed E-state index contributed by atoms with van der Waals surface area (Å²) < 4.78 is 16.2. The highest BCUT2D eigenvalue weighted by molar-refractivity contribution is 7.16. The third-order valence-electron chi connectivity index (χ3n) is 6.13. The normalized spacial score (nSPS) is 11.2. The van der Waals surface area contributed by atoms with Crippen LogP contribution in [0.1, 0.15) is 36.7 Å². The Morgan fingerprint density at radius 1 is 0.881 bits per heavy atom. The molecule has 0 saturated carbocycles. The van der Waals surface area contributed by atoms with Gasteiger partial charge in [0.1, 0.15) is 15.9 Å². The minimum absolute atomic E-state index is 0.363. The Bertz CT molecular complexity index is 1760. The molecular formula is C32H31N5O4S. The van der Waals surface area contributed by atoms with Gasteiger partial charge in [0, 0.05) is 28.7 Å². The maximum absolute atomic E-state index is 12.3. The van der Waals surface area contributed by atoms with Gasteiger partial charge in [0.15, 0.2) is 23.1 Å². The topological polar surface area (TPSA) is 107 Å². The summed E-state index contributed by atoms with van der Waals surface area (Å²) in [7, 11) is 3.19. The van der Waals surface area contributed by atoms with Gasteiger partial charge in [-0.15, -0.1) is 11.3 Å². The second-order valence-corrected chi connectivity index (χ2v) is 11.2. The zero-order chi connectivity index (χ0) is 29.9. The van der Waals surface area contributed by atoms with Crippen molar-refractivity contribution >= 4 is 50.5 Å². The van der Waals surface area contributed by atoms with E-state index >= 15 is 0 Å². The van der Waals surface area contributed by atoms with Crippen molar-refractivity contribution in [2.24, 2.45) is 0 Å². The monoisotopic (exact) mass is 581 g/mol. The number of rotatable bonds is 9. The first-order chi connectivity index (χ1) is 20.1. The number of carbonyl (C=O) groups is 1. The van der Waals surface area contributed by atoms with Crippen LogP contribution in [-0.2, 0) is 4.74 Å². The fourth-order valence-corrected chi connectivity index (χ4v) is 4.81. The van der Waals surface area contributed by atoms with E-state index in [4.69, 9.17) is 24.2 Å². The van der Waals surface area contributed by atoms with Crippen LogP contribution in [0, 0.1) is 0 Å². The molecule has 10 heteroatoms. The van der Waals surface area contributed by atoms with Gasteiger partial charge in [-0.1, -0.05) is 24.8 Å². The Morgan fingerprint density at radius 3 is 2.33 bits per heavy atom. The number of anilines is 3. The fraction of sp³-hybridized carbons (Fsp3) is 0.188. The highest BCUT2D eigenvalue weighted by Gasteiger charge is 2.18. The molecule has 214 valence electrons. The summed E-state index contributed by atoms with van der Waals surface area (Å²) in [6, 6.07) is 20.5. The van der Waals surface area contributed by atoms with Crippen molar-refractivity contribution in [1.82, 2.24) is 15.0 Å². The summed E-state index contributed by atoms with van der Waals surface area (Å²) in [6.45, 7) is 9.75. The SMILES string of the molecule is C=C(Nc1ccc(C(=O)OC(C)(C)C)cc1)c1cccc(-c2nc(Nc3ccc(OC)c(OC)c3)c3ncsc3n2)c1. The lowest BCUT2D eigenvalue weighted by molar-refractivity contribution is 0.00695. The van der Waals surface area contributed by atoms with E-state index < -0.39 is 5.60 Å². The number of carbonyl (C=O) groups excluding carboxylic acids is 1. The molecule has 0 bridgehead atoms. The molecule has 0 saturated heterocycles. The van der Waals surface area contributed by atoms with Gasteiger partial charge < -0.3 is 24.8 Å². The van der Waals surface area contributed by atoms with Crippen LogP contribution in [0.4, 0.5) is 17.2 Å². The highest BCUT2D eigenvalue weighted by Crippen LogP contribution is 2.34. The summed E-state index contributed by atoms with van der Waals surface area (Å²) in [4.78, 5) is 27.2. The summed E-state index contributed by atoms with van der Waals surface area (Å²) in [6.07, 6.45) is 0. The highest BCUT2D eigenvalue weighted by atomic mass is 32.1. The van der Waals surface area contributed by atoms with E-state index in [0.29, 0.717) is 39.9 Å². The van der Waals surface area contributed by atoms with Crippen LogP contribution in [0.3, 0.4) is 0 Å². The maximum Gasteiger partial charge on any atom is 0.338 e. The number of ether oxygens (including phenoxy) is 3. The summed E-state index contributed by atoms with van der Waals surface area (Å²) >= 11 is 1.44. The Morgan fingerprint density at radius 2 is 1.62 bits per heavy atom. The van der Waals surface area contributed by atoms with E-state index in [-0.39, 0.29) is 5.97 Å². The molecule has 2 heterocycles. The Kier molecular flexibility index (Phi) is 8.08. The second-order valence-electron chi connectivity index (χ2n) is 10.4. The van der Waals surface area contributed by atoms with Crippen LogP contribution >= 0.6 is 11.3 Å². The van der Waals surface area contributed by atoms with E-state index in [1.54, 1.807) is 31.9 Å². The Labute approximate surface area is 248 Å². The van der Waals surface area contributed by atoms with Gasteiger partial charge in [-0.3, -0.25) is 0 Å². The second kappa shape index (κ2) is 11.9. The first-order valence-corrected chi connectivity index (χ1v) is 14.0. The quantitative estimate of drug-likeness (QED) is 0.171. The number of hydrogen-bond acceptors (Lipinski definition) is 10. The molecule has 0 spiro atoms. The molecule has 3 aromatic carbocycles. The lowest BCUT2D eigenvalue weighted by atomic mass is 10.1. The number of fused-ring (bicyclic) bond motifs is 1. The standard InChI is InChI=1S/C32H31N5O4S/c1-19(34-23-12-10-20(11-13-23)31(38)41-32(2,3)4)21-8-7-9-22(16-21)28-36-29(27-30(37-28)42-18-33-27)35-24-14-15-25(39-5)26(17-24)40-6/h7-18,34H,1H2,2-6H3,(H,35,36,37). The van der Waals surface area contributed by atoms with Crippen molar-refractivity contribution in [3.8, 4) is 22.9 Å². The zero-order valence-electron chi connectivity index (χ0n) is 24.0. The fourth-order valence-electron chi connectivity index (χ4n) is 4.15. The van der Waals surface area contributed by atoms with Crippen molar-refractivity contribution in [3.05, 3.63) is 89.9 Å². The van der Waals surface area contributed by atoms with Gasteiger partial charge in [0.25, 0.3) is 0 Å². The average Bonchev–Trinajstić information content (AvgIpc) is 3.46. The van der Waals surface area contributed by atoms with Crippen LogP contribution in [0.2, 0.25) is 0 Å². The molecule has 0 atom stereocenters. The smallest absolute Gasteiger partial charge is 0.338 e. The number of benzene rings is 3. The van der Waals surface area contributed by atoms with Crippen molar-refractivity contribution < 1.29 is 19.0 Å². The van der Waals surface area contributed by atoms with Gasteiger partial charge in [-0.05, 0) is 68.8 Å². The molecule has 5 rings (SSSR count). The van der Waals surface area contributed by atoms with E-state index in [2.05, 4.69) is 22.2 Å². The minimum atomic E-state index is -0.554. The molecule has 0 fully saturated rings. The Balaban J connectivity index is 1.37. The van der Waals surface area contributed by atoms with Crippen molar-refractivity contribution in [2.75, 3.05) is 24.9 Å². The molecule has 5 aromatic rings. The molecule has 0 radical (unpaired) electrons. The van der Waals surface area contributed by atoms with Crippen LogP contribution < -0.4 is 20.1 Å². The van der Waals surface area contributed by atoms with Gasteiger partial charge in [-0.25, -0.2) is 19.7 Å². The number of thiazole rings is 1. The first-order valence-electron chi connectivity index (χ1n) is 13.1. The number of methoxy groups -OCH3 is 2. The lowest BCUT2D eigenvalue weighted by Crippen LogP contribution is -2.23. The molecular weight excluding hydrogens is 550 g/mol. The predicted molar refractivity (Wildman–Crippen MR) is 168 cm³/mol. The molecule has 42 heavy (non-hydrogen) atoms. The van der Waals surface area contributed by atoms with Crippen LogP contribution in [0.25, 0.3) is 27.4 Å². The van der Waals surface area contributed by atoms with Gasteiger partial charge in [-0.2, -0.15) is 0 Å². The Hall–Kier alpha value is -4.96. The van der Waals surface area contributed by atoms with Crippen molar-refractivity contribution in [2.45, 2.75) is 26.4 Å². The largest absolute Gasteiger partial charge is 0.493 e. The van der Waals surface area contributed by atoms with Crippen LogP contribution in [-0.4, -0.2) is 40.7 Å². The van der Waals surface area contributed by atoms with Crippen LogP contribution in [0.15, 0.2) is 78.8 Å². The third-order valence-corrected chi connectivity index (χ3v) is 6.85. The average molecular weight is 582 g/mol. The number of hydrogen-bond donors (Lipinski definition) is 2. The maximum atomic E-state index is 12.3. The van der Waals surface area contributed by atoms with Crippen molar-refractivity contribution in [1.29, 1.82) is 0 Å². The van der Waals surface area contributed by atoms with Crippen LogP contribution in [0.5, 0.6) is 11.5 Å². The predicted octanol–water partition coefficient (Wildman–Crippen LogP) is 7.55. The van der Waals surface area contributed by atoms with E-state index in [0.717, 1.165) is 27.3 Å². The molecule has 9 nitrogen and oxygen atoms in total. The number of esters is 1. The number of aromatic nitrogens is 3. The molecule has 0 amide bonds. The van der Waals surface area contributed by atoms with E-state index in [9.17, 15) is 4.79 Å². The van der Waals surface area contributed by atoms with E-state index in [1.165, 1.54) is 11.3 Å². The number of nitrogens with zero attached hydrogens (tertiary/aromatic N) is 3. The molecule has 2 N–H and O–H groups in total. The summed E-state index contributed by atoms with van der Waals surface area (Å²) in [5.74, 6) is 2.00. The van der Waals surface area contributed by atoms with E-state index in [1.807, 2.05) is 75.4 Å². The van der Waals surface area contributed by atoms with Crippen molar-refractivity contribution in [3.63, 3.8) is 0 Å². The van der Waals surface area contributed by atoms with Gasteiger partial charge >= 0.3 is 5.97 Å². The molecule has 2 aromatic heterocycles. The third kappa shape index (κ3) is 6.50. The number of nitrogens with one attached hydrogen (secondary N) is 2. The summed E-state index contributed by atoms with van der Waals surface area (Å²) in [5, 5.41) is 6.67. The summed E-state index contributed by atoms with van der Waals surface area (Å²) in [5.41, 5.74) is 6.29. The minimum Gasteiger partial charge on any atom is -0.493 e. The van der Waals surface area contributed by atoms with Gasteiger partial charge in [0.2, 0.25) is 0 Å². The lowest BCUT2D eigenvalue weighted by Gasteiger charge is -2.19. The molecule has 0 aliphatic heterocycles. The molecule has 0 aliphatic rings. The zero-order valence-corrected chi connectivity index (χ0v) is 24.8. The first kappa shape index (κ1) is 28.6. The van der Waals surface area contributed by atoms with Gasteiger partial charge in [0.05, 0.1) is 25.3 Å². The molecule has 0 aliphatic carbocycles. The molecule has 0 unspecified atom stereocenters.